The summed E-state index contributed by atoms with van der Waals surface area (Å²) in [6.07, 6.45) is 6.34. The van der Waals surface area contributed by atoms with Crippen LogP contribution >= 0.6 is 0 Å². The molecule has 0 bridgehead atoms. The molecule has 3 heteroatoms. The second kappa shape index (κ2) is 5.74. The highest BCUT2D eigenvalue weighted by molar-refractivity contribution is 5.76. The minimum Gasteiger partial charge on any atom is -0.353 e. The first kappa shape index (κ1) is 12.7. The van der Waals surface area contributed by atoms with Crippen molar-refractivity contribution in [2.75, 3.05) is 0 Å². The molecule has 3 nitrogen and oxygen atoms in total. The van der Waals surface area contributed by atoms with Gasteiger partial charge in [0.05, 0.1) is 0 Å². The van der Waals surface area contributed by atoms with Gasteiger partial charge >= 0.3 is 0 Å². The largest absolute Gasteiger partial charge is 0.353 e. The predicted octanol–water partition coefficient (Wildman–Crippen LogP) is 2.28. The smallest absolute Gasteiger partial charge is 0.220 e. The highest BCUT2D eigenvalue weighted by Crippen LogP contribution is 2.21. The first-order chi connectivity index (χ1) is 9.33. The van der Waals surface area contributed by atoms with E-state index in [1.807, 2.05) is 0 Å². The molecule has 0 aromatic heterocycles. The van der Waals surface area contributed by atoms with Gasteiger partial charge in [-0.1, -0.05) is 31.0 Å². The van der Waals surface area contributed by atoms with Crippen molar-refractivity contribution < 1.29 is 4.79 Å². The van der Waals surface area contributed by atoms with Gasteiger partial charge in [0.15, 0.2) is 0 Å². The molecule has 2 aliphatic rings. The molecule has 1 saturated carbocycles. The molecule has 3 rings (SSSR count). The fraction of sp³-hybridized carbons (Fsp3) is 0.562. The first-order valence-corrected chi connectivity index (χ1v) is 7.42. The number of hydrogen-bond acceptors (Lipinski definition) is 2. The Bertz CT molecular complexity index is 464. The average molecular weight is 258 g/mol. The monoisotopic (exact) mass is 258 g/mol. The molecule has 0 atom stereocenters. The molecule has 0 spiro atoms. The van der Waals surface area contributed by atoms with Gasteiger partial charge in [0, 0.05) is 25.6 Å². The molecule has 1 amide bonds. The van der Waals surface area contributed by atoms with Gasteiger partial charge in [-0.25, -0.2) is 0 Å². The molecule has 0 radical (unpaired) electrons. The number of aryl methyl sites for hydroxylation is 1. The van der Waals surface area contributed by atoms with Gasteiger partial charge in [-0.3, -0.25) is 4.79 Å². The average Bonchev–Trinajstić information content (AvgIpc) is 3.06. The zero-order valence-electron chi connectivity index (χ0n) is 11.4. The van der Waals surface area contributed by atoms with E-state index in [1.54, 1.807) is 0 Å². The molecule has 1 aliphatic carbocycles. The number of benzene rings is 1. The lowest BCUT2D eigenvalue weighted by Crippen LogP contribution is -2.32. The lowest BCUT2D eigenvalue weighted by Gasteiger charge is -2.12. The standard InChI is InChI=1S/C16H22N2O/c19-16(18-14-6-1-2-7-14)9-8-12-4-3-5-13-10-17-11-15(12)13/h3-5,14,17H,1-2,6-11H2,(H,18,19). The Morgan fingerprint density at radius 3 is 2.95 bits per heavy atom. The summed E-state index contributed by atoms with van der Waals surface area (Å²) in [5.74, 6) is 0.218. The van der Waals surface area contributed by atoms with E-state index in [2.05, 4.69) is 28.8 Å². The lowest BCUT2D eigenvalue weighted by atomic mass is 9.99. The van der Waals surface area contributed by atoms with Crippen molar-refractivity contribution in [2.24, 2.45) is 0 Å². The van der Waals surface area contributed by atoms with Gasteiger partial charge in [0.2, 0.25) is 5.91 Å². The third-order valence-corrected chi connectivity index (χ3v) is 4.33. The molecule has 1 aromatic rings. The summed E-state index contributed by atoms with van der Waals surface area (Å²) in [4.78, 5) is 11.9. The predicted molar refractivity (Wildman–Crippen MR) is 75.7 cm³/mol. The maximum Gasteiger partial charge on any atom is 0.220 e. The Morgan fingerprint density at radius 1 is 1.26 bits per heavy atom. The van der Waals surface area contributed by atoms with E-state index in [0.29, 0.717) is 12.5 Å². The van der Waals surface area contributed by atoms with E-state index >= 15 is 0 Å². The van der Waals surface area contributed by atoms with Gasteiger partial charge in [-0.2, -0.15) is 0 Å². The van der Waals surface area contributed by atoms with Gasteiger partial charge in [-0.15, -0.1) is 0 Å². The minimum atomic E-state index is 0.218. The molecule has 1 fully saturated rings. The molecular formula is C16H22N2O. The molecule has 19 heavy (non-hydrogen) atoms. The molecule has 0 saturated heterocycles. The van der Waals surface area contributed by atoms with Crippen molar-refractivity contribution in [1.29, 1.82) is 0 Å². The highest BCUT2D eigenvalue weighted by atomic mass is 16.1. The summed E-state index contributed by atoms with van der Waals surface area (Å²) in [6.45, 7) is 1.92. The van der Waals surface area contributed by atoms with Gasteiger partial charge in [0.1, 0.15) is 0 Å². The van der Waals surface area contributed by atoms with Crippen LogP contribution in [0.4, 0.5) is 0 Å². The summed E-state index contributed by atoms with van der Waals surface area (Å²) in [7, 11) is 0. The van der Waals surface area contributed by atoms with E-state index in [0.717, 1.165) is 32.4 Å². The van der Waals surface area contributed by atoms with Crippen LogP contribution in [0.25, 0.3) is 0 Å². The van der Waals surface area contributed by atoms with E-state index in [4.69, 9.17) is 0 Å². The number of amides is 1. The van der Waals surface area contributed by atoms with Crippen LogP contribution in [0.5, 0.6) is 0 Å². The number of fused-ring (bicyclic) bond motifs is 1. The fourth-order valence-electron chi connectivity index (χ4n) is 3.26. The van der Waals surface area contributed by atoms with Crippen LogP contribution in [0.2, 0.25) is 0 Å². The number of rotatable bonds is 4. The SMILES string of the molecule is O=C(CCc1cccc2c1CNC2)NC1CCCC1. The van der Waals surface area contributed by atoms with Crippen molar-refractivity contribution >= 4 is 5.91 Å². The first-order valence-electron chi connectivity index (χ1n) is 7.42. The van der Waals surface area contributed by atoms with E-state index in [-0.39, 0.29) is 5.91 Å². The third kappa shape index (κ3) is 2.98. The van der Waals surface area contributed by atoms with Crippen molar-refractivity contribution in [2.45, 2.75) is 57.7 Å². The Hall–Kier alpha value is -1.35. The normalized spacial score (nSPS) is 18.5. The van der Waals surface area contributed by atoms with Crippen LogP contribution in [0, 0.1) is 0 Å². The molecule has 1 aliphatic heterocycles. The van der Waals surface area contributed by atoms with Crippen LogP contribution in [-0.2, 0) is 24.3 Å². The zero-order chi connectivity index (χ0) is 13.1. The van der Waals surface area contributed by atoms with Crippen LogP contribution in [0.3, 0.4) is 0 Å². The van der Waals surface area contributed by atoms with Crippen molar-refractivity contribution in [3.8, 4) is 0 Å². The lowest BCUT2D eigenvalue weighted by molar-refractivity contribution is -0.121. The maximum atomic E-state index is 11.9. The van der Waals surface area contributed by atoms with Crippen LogP contribution in [-0.4, -0.2) is 11.9 Å². The number of hydrogen-bond donors (Lipinski definition) is 2. The summed E-state index contributed by atoms with van der Waals surface area (Å²) in [6, 6.07) is 6.89. The van der Waals surface area contributed by atoms with Gasteiger partial charge < -0.3 is 10.6 Å². The summed E-state index contributed by atoms with van der Waals surface area (Å²) in [5.41, 5.74) is 4.15. The van der Waals surface area contributed by atoms with E-state index in [1.165, 1.54) is 29.5 Å². The topological polar surface area (TPSA) is 41.1 Å². The molecule has 0 unspecified atom stereocenters. The maximum absolute atomic E-state index is 11.9. The van der Waals surface area contributed by atoms with Crippen molar-refractivity contribution in [3.05, 3.63) is 34.9 Å². The van der Waals surface area contributed by atoms with Crippen LogP contribution < -0.4 is 10.6 Å². The Balaban J connectivity index is 1.54. The van der Waals surface area contributed by atoms with E-state index < -0.39 is 0 Å². The quantitative estimate of drug-likeness (QED) is 0.870. The minimum absolute atomic E-state index is 0.218. The molecule has 102 valence electrons. The third-order valence-electron chi connectivity index (χ3n) is 4.33. The van der Waals surface area contributed by atoms with Gasteiger partial charge in [-0.05, 0) is 36.0 Å². The Kier molecular flexibility index (Phi) is 3.83. The number of nitrogens with one attached hydrogen (secondary N) is 2. The summed E-state index contributed by atoms with van der Waals surface area (Å²) < 4.78 is 0. The summed E-state index contributed by atoms with van der Waals surface area (Å²) >= 11 is 0. The number of carbonyl (C=O) groups is 1. The fourth-order valence-corrected chi connectivity index (χ4v) is 3.26. The van der Waals surface area contributed by atoms with Crippen molar-refractivity contribution in [1.82, 2.24) is 10.6 Å². The summed E-state index contributed by atoms with van der Waals surface area (Å²) in [5, 5.41) is 6.54. The van der Waals surface area contributed by atoms with E-state index in [9.17, 15) is 4.79 Å². The Morgan fingerprint density at radius 2 is 2.11 bits per heavy atom. The molecule has 2 N–H and O–H groups in total. The Labute approximate surface area is 114 Å². The van der Waals surface area contributed by atoms with Crippen LogP contribution in [0.1, 0.15) is 48.8 Å². The molecule has 1 aromatic carbocycles. The second-order valence-electron chi connectivity index (χ2n) is 5.71. The second-order valence-corrected chi connectivity index (χ2v) is 5.71. The highest BCUT2D eigenvalue weighted by Gasteiger charge is 2.18. The number of carbonyl (C=O) groups excluding carboxylic acids is 1. The zero-order valence-corrected chi connectivity index (χ0v) is 11.4. The van der Waals surface area contributed by atoms with Gasteiger partial charge in [0.25, 0.3) is 0 Å². The van der Waals surface area contributed by atoms with Crippen molar-refractivity contribution in [3.63, 3.8) is 0 Å². The van der Waals surface area contributed by atoms with Crippen LogP contribution in [0.15, 0.2) is 18.2 Å². The molecular weight excluding hydrogens is 236 g/mol. The molecule has 1 heterocycles.